The summed E-state index contributed by atoms with van der Waals surface area (Å²) in [5.74, 6) is 0.0345. The van der Waals surface area contributed by atoms with E-state index in [0.29, 0.717) is 39.5 Å². The van der Waals surface area contributed by atoms with Gasteiger partial charge in [0.2, 0.25) is 11.8 Å². The van der Waals surface area contributed by atoms with Crippen LogP contribution in [0.2, 0.25) is 0 Å². The molecule has 3 rings (SSSR count). The number of aromatic nitrogens is 2. The molecule has 1 aliphatic rings. The van der Waals surface area contributed by atoms with Gasteiger partial charge in [0.1, 0.15) is 11.6 Å². The molecule has 4 N–H and O–H groups in total. The van der Waals surface area contributed by atoms with Gasteiger partial charge in [0.05, 0.1) is 34.9 Å². The number of hydrogen-bond acceptors (Lipinski definition) is 7. The standard InChI is InChI=1S/C17H17BrN4O4/c1-3-25-12-5-8(4-10(18)15(12)23)13-9(6-19)16(20)26-17-14(13)11(7-24-2)21-22-17/h4-5,13,23H,3,7,20H2,1-2H3,(H,21,22). The number of halogens is 1. The molecule has 1 aliphatic heterocycles. The van der Waals surface area contributed by atoms with E-state index in [-0.39, 0.29) is 23.8 Å². The zero-order valence-electron chi connectivity index (χ0n) is 14.2. The van der Waals surface area contributed by atoms with E-state index in [1.807, 2.05) is 6.92 Å². The molecule has 8 nitrogen and oxygen atoms in total. The summed E-state index contributed by atoms with van der Waals surface area (Å²) in [5.41, 5.74) is 8.22. The Morgan fingerprint density at radius 2 is 2.27 bits per heavy atom. The van der Waals surface area contributed by atoms with Crippen LogP contribution in [0.5, 0.6) is 17.4 Å². The van der Waals surface area contributed by atoms with E-state index in [1.165, 1.54) is 0 Å². The van der Waals surface area contributed by atoms with Gasteiger partial charge in [0, 0.05) is 7.11 Å². The first-order chi connectivity index (χ1) is 12.5. The maximum Gasteiger partial charge on any atom is 0.244 e. The fourth-order valence-corrected chi connectivity index (χ4v) is 3.38. The van der Waals surface area contributed by atoms with Gasteiger partial charge in [-0.2, -0.15) is 5.26 Å². The molecular weight excluding hydrogens is 404 g/mol. The summed E-state index contributed by atoms with van der Waals surface area (Å²) in [5, 5.41) is 26.8. The number of phenolic OH excluding ortho intramolecular Hbond substituents is 1. The molecule has 0 bridgehead atoms. The number of nitrogens with one attached hydrogen (secondary N) is 1. The minimum Gasteiger partial charge on any atom is -0.503 e. The fourth-order valence-electron chi connectivity index (χ4n) is 2.92. The number of hydrogen-bond donors (Lipinski definition) is 3. The molecule has 0 spiro atoms. The Labute approximate surface area is 158 Å². The lowest BCUT2D eigenvalue weighted by Gasteiger charge is -2.24. The lowest BCUT2D eigenvalue weighted by molar-refractivity contribution is 0.180. The van der Waals surface area contributed by atoms with Crippen molar-refractivity contribution in [3.63, 3.8) is 0 Å². The molecule has 2 aromatic rings. The molecule has 1 atom stereocenters. The molecule has 136 valence electrons. The van der Waals surface area contributed by atoms with Gasteiger partial charge in [-0.1, -0.05) is 0 Å². The van der Waals surface area contributed by atoms with Crippen LogP contribution in [0.1, 0.15) is 29.7 Å². The van der Waals surface area contributed by atoms with Crippen LogP contribution in [0.25, 0.3) is 0 Å². The average molecular weight is 421 g/mol. The number of rotatable bonds is 5. The van der Waals surface area contributed by atoms with Gasteiger partial charge in [-0.15, -0.1) is 5.10 Å². The summed E-state index contributed by atoms with van der Waals surface area (Å²) >= 11 is 3.33. The van der Waals surface area contributed by atoms with Crippen molar-refractivity contribution >= 4 is 15.9 Å². The van der Waals surface area contributed by atoms with E-state index >= 15 is 0 Å². The van der Waals surface area contributed by atoms with E-state index in [2.05, 4.69) is 32.2 Å². The quantitative estimate of drug-likeness (QED) is 0.678. The Bertz CT molecular complexity index is 916. The van der Waals surface area contributed by atoms with Gasteiger partial charge in [-0.3, -0.25) is 5.10 Å². The third kappa shape index (κ3) is 2.98. The highest BCUT2D eigenvalue weighted by Gasteiger charge is 2.36. The monoisotopic (exact) mass is 420 g/mol. The minimum atomic E-state index is -0.538. The van der Waals surface area contributed by atoms with Crippen molar-refractivity contribution in [3.8, 4) is 23.4 Å². The number of H-pyrrole nitrogens is 1. The van der Waals surface area contributed by atoms with Crippen LogP contribution < -0.4 is 15.2 Å². The van der Waals surface area contributed by atoms with Crippen LogP contribution in [0, 0.1) is 11.3 Å². The minimum absolute atomic E-state index is 0.0114. The third-order valence-corrected chi connectivity index (χ3v) is 4.59. The van der Waals surface area contributed by atoms with Crippen LogP contribution in [-0.2, 0) is 11.3 Å². The van der Waals surface area contributed by atoms with E-state index in [1.54, 1.807) is 19.2 Å². The van der Waals surface area contributed by atoms with E-state index in [4.69, 9.17) is 19.9 Å². The second-order valence-corrected chi connectivity index (χ2v) is 6.42. The van der Waals surface area contributed by atoms with Gasteiger partial charge >= 0.3 is 0 Å². The lowest BCUT2D eigenvalue weighted by atomic mass is 9.84. The van der Waals surface area contributed by atoms with Crippen LogP contribution in [0.4, 0.5) is 0 Å². The van der Waals surface area contributed by atoms with Gasteiger partial charge < -0.3 is 25.1 Å². The molecule has 26 heavy (non-hydrogen) atoms. The van der Waals surface area contributed by atoms with Crippen LogP contribution in [0.15, 0.2) is 28.1 Å². The number of phenols is 1. The fraction of sp³-hybridized carbons (Fsp3) is 0.294. The summed E-state index contributed by atoms with van der Waals surface area (Å²) in [7, 11) is 1.56. The van der Waals surface area contributed by atoms with Crippen LogP contribution in [-0.4, -0.2) is 29.0 Å². The van der Waals surface area contributed by atoms with Crippen LogP contribution >= 0.6 is 15.9 Å². The molecule has 1 unspecified atom stereocenters. The molecular formula is C17H17BrN4O4. The average Bonchev–Trinajstić information content (AvgIpc) is 3.00. The second-order valence-electron chi connectivity index (χ2n) is 5.56. The Morgan fingerprint density at radius 3 is 2.92 bits per heavy atom. The highest BCUT2D eigenvalue weighted by Crippen LogP contribution is 2.46. The maximum atomic E-state index is 10.2. The van der Waals surface area contributed by atoms with Crippen molar-refractivity contribution in [3.05, 3.63) is 44.9 Å². The highest BCUT2D eigenvalue weighted by atomic mass is 79.9. The summed E-state index contributed by atoms with van der Waals surface area (Å²) in [6.45, 7) is 2.46. The van der Waals surface area contributed by atoms with Crippen LogP contribution in [0.3, 0.4) is 0 Å². The first kappa shape index (κ1) is 18.1. The highest BCUT2D eigenvalue weighted by molar-refractivity contribution is 9.10. The van der Waals surface area contributed by atoms with Gasteiger partial charge in [-0.25, -0.2) is 0 Å². The summed E-state index contributed by atoms with van der Waals surface area (Å²) in [6.07, 6.45) is 0. The molecule has 2 heterocycles. The number of benzene rings is 1. The second kappa shape index (κ2) is 7.27. The van der Waals surface area contributed by atoms with E-state index < -0.39 is 5.92 Å². The first-order valence-electron chi connectivity index (χ1n) is 7.80. The summed E-state index contributed by atoms with van der Waals surface area (Å²) in [6, 6.07) is 5.51. The molecule has 1 aromatic carbocycles. The predicted octanol–water partition coefficient (Wildman–Crippen LogP) is 2.64. The summed E-state index contributed by atoms with van der Waals surface area (Å²) in [4.78, 5) is 0. The number of nitrogens with zero attached hydrogens (tertiary/aromatic N) is 2. The first-order valence-corrected chi connectivity index (χ1v) is 8.59. The normalized spacial score (nSPS) is 16.0. The van der Waals surface area contributed by atoms with Gasteiger partial charge in [0.15, 0.2) is 11.5 Å². The molecule has 0 aliphatic carbocycles. The molecule has 0 radical (unpaired) electrons. The predicted molar refractivity (Wildman–Crippen MR) is 95.6 cm³/mol. The Kier molecular flexibility index (Phi) is 5.06. The van der Waals surface area contributed by atoms with Crippen molar-refractivity contribution in [2.24, 2.45) is 5.73 Å². The van der Waals surface area contributed by atoms with Crippen molar-refractivity contribution in [2.75, 3.05) is 13.7 Å². The molecule has 1 aromatic heterocycles. The van der Waals surface area contributed by atoms with Crippen molar-refractivity contribution in [1.29, 1.82) is 5.26 Å². The Morgan fingerprint density at radius 1 is 1.50 bits per heavy atom. The number of ether oxygens (including phenoxy) is 3. The largest absolute Gasteiger partial charge is 0.503 e. The number of nitriles is 1. The Balaban J connectivity index is 2.23. The third-order valence-electron chi connectivity index (χ3n) is 3.99. The number of aromatic amines is 1. The topological polar surface area (TPSA) is 126 Å². The number of methoxy groups -OCH3 is 1. The molecule has 0 fully saturated rings. The Hall–Kier alpha value is -2.70. The number of fused-ring (bicyclic) bond motifs is 1. The van der Waals surface area contributed by atoms with Gasteiger partial charge in [0.25, 0.3) is 0 Å². The van der Waals surface area contributed by atoms with E-state index in [0.717, 1.165) is 0 Å². The number of allylic oxidation sites excluding steroid dienone is 1. The zero-order chi connectivity index (χ0) is 18.8. The van der Waals surface area contributed by atoms with Crippen molar-refractivity contribution < 1.29 is 19.3 Å². The van der Waals surface area contributed by atoms with Gasteiger partial charge in [-0.05, 0) is 40.5 Å². The SMILES string of the molecule is CCOc1cc(C2C(C#N)=C(N)Oc3n[nH]c(COC)c32)cc(Br)c1O. The molecule has 0 saturated carbocycles. The number of nitrogens with two attached hydrogens (primary N) is 1. The van der Waals surface area contributed by atoms with Crippen molar-refractivity contribution in [1.82, 2.24) is 10.2 Å². The smallest absolute Gasteiger partial charge is 0.244 e. The molecule has 0 amide bonds. The lowest BCUT2D eigenvalue weighted by Crippen LogP contribution is -2.21. The summed E-state index contributed by atoms with van der Waals surface area (Å²) < 4.78 is 16.6. The van der Waals surface area contributed by atoms with Crippen molar-refractivity contribution in [2.45, 2.75) is 19.4 Å². The number of aromatic hydroxyl groups is 1. The zero-order valence-corrected chi connectivity index (χ0v) is 15.8. The molecule has 0 saturated heterocycles. The van der Waals surface area contributed by atoms with E-state index in [9.17, 15) is 10.4 Å². The molecule has 9 heteroatoms. The maximum absolute atomic E-state index is 10.2.